The van der Waals surface area contributed by atoms with E-state index < -0.39 is 0 Å². The fourth-order valence-electron chi connectivity index (χ4n) is 3.34. The van der Waals surface area contributed by atoms with Crippen molar-refractivity contribution in [3.05, 3.63) is 48.0 Å². The van der Waals surface area contributed by atoms with Crippen LogP contribution in [0.1, 0.15) is 44.1 Å². The smallest absolute Gasteiger partial charge is 0.131 e. The first-order chi connectivity index (χ1) is 12.6. The maximum atomic E-state index is 6.00. The van der Waals surface area contributed by atoms with E-state index in [0.717, 1.165) is 49.3 Å². The van der Waals surface area contributed by atoms with Crippen molar-refractivity contribution in [2.75, 3.05) is 26.8 Å². The van der Waals surface area contributed by atoms with Crippen LogP contribution in [0, 0.1) is 5.92 Å². The molecule has 0 aliphatic carbocycles. The summed E-state index contributed by atoms with van der Waals surface area (Å²) in [5.41, 5.74) is 1.11. The SMILES string of the molecule is COc1cccc(OCC2CCCN(Cc3ccnc(C(C)C)n3)C2)c1. The molecule has 5 heteroatoms. The normalized spacial score (nSPS) is 18.1. The van der Waals surface area contributed by atoms with Gasteiger partial charge in [0.25, 0.3) is 0 Å². The van der Waals surface area contributed by atoms with E-state index in [4.69, 9.17) is 14.5 Å². The first-order valence-electron chi connectivity index (χ1n) is 9.45. The molecule has 1 aromatic heterocycles. The molecular weight excluding hydrogens is 326 g/mol. The van der Waals surface area contributed by atoms with Crippen molar-refractivity contribution in [1.29, 1.82) is 0 Å². The summed E-state index contributed by atoms with van der Waals surface area (Å²) in [6.07, 6.45) is 4.29. The van der Waals surface area contributed by atoms with E-state index in [1.807, 2.05) is 36.5 Å². The average molecular weight is 355 g/mol. The minimum atomic E-state index is 0.361. The van der Waals surface area contributed by atoms with Gasteiger partial charge in [-0.1, -0.05) is 19.9 Å². The number of likely N-dealkylation sites (tertiary alicyclic amines) is 1. The van der Waals surface area contributed by atoms with Crippen LogP contribution in [0.3, 0.4) is 0 Å². The summed E-state index contributed by atoms with van der Waals surface area (Å²) >= 11 is 0. The lowest BCUT2D eigenvalue weighted by Gasteiger charge is -2.32. The van der Waals surface area contributed by atoms with Crippen LogP contribution < -0.4 is 9.47 Å². The van der Waals surface area contributed by atoms with Crippen molar-refractivity contribution in [1.82, 2.24) is 14.9 Å². The summed E-state index contributed by atoms with van der Waals surface area (Å²) in [4.78, 5) is 11.6. The predicted octanol–water partition coefficient (Wildman–Crippen LogP) is 3.90. The number of hydrogen-bond acceptors (Lipinski definition) is 5. The van der Waals surface area contributed by atoms with Crippen LogP contribution in [-0.4, -0.2) is 41.7 Å². The van der Waals surface area contributed by atoms with E-state index in [0.29, 0.717) is 11.8 Å². The van der Waals surface area contributed by atoms with Gasteiger partial charge in [-0.05, 0) is 37.6 Å². The molecule has 1 unspecified atom stereocenters. The van der Waals surface area contributed by atoms with Crippen molar-refractivity contribution < 1.29 is 9.47 Å². The number of hydrogen-bond donors (Lipinski definition) is 0. The number of piperidine rings is 1. The Morgan fingerprint density at radius 2 is 2.08 bits per heavy atom. The zero-order valence-electron chi connectivity index (χ0n) is 16.0. The molecule has 0 N–H and O–H groups in total. The summed E-state index contributed by atoms with van der Waals surface area (Å²) in [7, 11) is 1.68. The predicted molar refractivity (Wildman–Crippen MR) is 103 cm³/mol. The van der Waals surface area contributed by atoms with E-state index in [1.165, 1.54) is 12.8 Å². The molecule has 0 saturated carbocycles. The standard InChI is InChI=1S/C21H29N3O2/c1-16(2)21-22-10-9-18(23-21)14-24-11-5-6-17(13-24)15-26-20-8-4-7-19(12-20)25-3/h4,7-10,12,16-17H,5-6,11,13-15H2,1-3H3. The summed E-state index contributed by atoms with van der Waals surface area (Å²) in [6, 6.07) is 9.85. The lowest BCUT2D eigenvalue weighted by Crippen LogP contribution is -2.37. The van der Waals surface area contributed by atoms with Gasteiger partial charge in [-0.2, -0.15) is 0 Å². The van der Waals surface area contributed by atoms with Crippen LogP contribution in [0.25, 0.3) is 0 Å². The third-order valence-corrected chi connectivity index (χ3v) is 4.76. The molecule has 3 rings (SSSR count). The number of ether oxygens (including phenoxy) is 2. The van der Waals surface area contributed by atoms with Gasteiger partial charge in [0.2, 0.25) is 0 Å². The maximum Gasteiger partial charge on any atom is 0.131 e. The lowest BCUT2D eigenvalue weighted by atomic mass is 9.99. The molecule has 0 spiro atoms. The second kappa shape index (κ2) is 8.99. The van der Waals surface area contributed by atoms with Gasteiger partial charge in [0.15, 0.2) is 0 Å². The van der Waals surface area contributed by atoms with Crippen LogP contribution >= 0.6 is 0 Å². The molecule has 1 aromatic carbocycles. The Labute approximate surface area is 156 Å². The van der Waals surface area contributed by atoms with E-state index >= 15 is 0 Å². The zero-order chi connectivity index (χ0) is 18.4. The lowest BCUT2D eigenvalue weighted by molar-refractivity contribution is 0.124. The van der Waals surface area contributed by atoms with Crippen LogP contribution in [0.2, 0.25) is 0 Å². The Kier molecular flexibility index (Phi) is 6.45. The van der Waals surface area contributed by atoms with Crippen LogP contribution in [0.4, 0.5) is 0 Å². The molecule has 0 bridgehead atoms. The molecule has 0 radical (unpaired) electrons. The van der Waals surface area contributed by atoms with Gasteiger partial charge in [-0.25, -0.2) is 9.97 Å². The first kappa shape index (κ1) is 18.6. The summed E-state index contributed by atoms with van der Waals surface area (Å²) < 4.78 is 11.3. The topological polar surface area (TPSA) is 47.5 Å². The Balaban J connectivity index is 1.53. The molecular formula is C21H29N3O2. The van der Waals surface area contributed by atoms with Crippen molar-refractivity contribution in [2.45, 2.75) is 39.2 Å². The van der Waals surface area contributed by atoms with E-state index in [1.54, 1.807) is 7.11 Å². The average Bonchev–Trinajstić information content (AvgIpc) is 2.67. The van der Waals surface area contributed by atoms with Crippen molar-refractivity contribution in [2.24, 2.45) is 5.92 Å². The number of methoxy groups -OCH3 is 1. The maximum absolute atomic E-state index is 6.00. The first-order valence-corrected chi connectivity index (χ1v) is 9.45. The van der Waals surface area contributed by atoms with E-state index in [2.05, 4.69) is 23.7 Å². The quantitative estimate of drug-likeness (QED) is 0.754. The number of aromatic nitrogens is 2. The van der Waals surface area contributed by atoms with Gasteiger partial charge in [0.1, 0.15) is 17.3 Å². The highest BCUT2D eigenvalue weighted by Gasteiger charge is 2.21. The highest BCUT2D eigenvalue weighted by atomic mass is 16.5. The van der Waals surface area contributed by atoms with E-state index in [-0.39, 0.29) is 0 Å². The second-order valence-corrected chi connectivity index (χ2v) is 7.29. The van der Waals surface area contributed by atoms with Gasteiger partial charge in [0, 0.05) is 37.2 Å². The molecule has 26 heavy (non-hydrogen) atoms. The largest absolute Gasteiger partial charge is 0.497 e. The van der Waals surface area contributed by atoms with Gasteiger partial charge in [-0.15, -0.1) is 0 Å². The van der Waals surface area contributed by atoms with Gasteiger partial charge >= 0.3 is 0 Å². The van der Waals surface area contributed by atoms with Crippen molar-refractivity contribution in [3.8, 4) is 11.5 Å². The molecule has 1 aliphatic rings. The van der Waals surface area contributed by atoms with Gasteiger partial charge in [-0.3, -0.25) is 4.90 Å². The summed E-state index contributed by atoms with van der Waals surface area (Å²) in [6.45, 7) is 8.06. The third kappa shape index (κ3) is 5.18. The van der Waals surface area contributed by atoms with E-state index in [9.17, 15) is 0 Å². The Bertz CT molecular complexity index is 705. The van der Waals surface area contributed by atoms with Gasteiger partial charge < -0.3 is 9.47 Å². The summed E-state index contributed by atoms with van der Waals surface area (Å²) in [5, 5.41) is 0. The Morgan fingerprint density at radius 3 is 2.88 bits per heavy atom. The van der Waals surface area contributed by atoms with Gasteiger partial charge in [0.05, 0.1) is 19.4 Å². The second-order valence-electron chi connectivity index (χ2n) is 7.29. The molecule has 1 aliphatic heterocycles. The molecule has 1 atom stereocenters. The van der Waals surface area contributed by atoms with Crippen LogP contribution in [0.5, 0.6) is 11.5 Å². The zero-order valence-corrected chi connectivity index (χ0v) is 16.0. The molecule has 140 valence electrons. The molecule has 1 fully saturated rings. The summed E-state index contributed by atoms with van der Waals surface area (Å²) in [5.74, 6) is 3.54. The minimum Gasteiger partial charge on any atom is -0.497 e. The fourth-order valence-corrected chi connectivity index (χ4v) is 3.34. The Morgan fingerprint density at radius 1 is 1.23 bits per heavy atom. The number of nitrogens with zero attached hydrogens (tertiary/aromatic N) is 3. The number of rotatable bonds is 7. The van der Waals surface area contributed by atoms with Crippen LogP contribution in [-0.2, 0) is 6.54 Å². The number of benzene rings is 1. The minimum absolute atomic E-state index is 0.361. The van der Waals surface area contributed by atoms with Crippen molar-refractivity contribution >= 4 is 0 Å². The molecule has 5 nitrogen and oxygen atoms in total. The van der Waals surface area contributed by atoms with Crippen LogP contribution in [0.15, 0.2) is 36.5 Å². The molecule has 0 amide bonds. The highest BCUT2D eigenvalue weighted by molar-refractivity contribution is 5.32. The van der Waals surface area contributed by atoms with Crippen molar-refractivity contribution in [3.63, 3.8) is 0 Å². The fraction of sp³-hybridized carbons (Fsp3) is 0.524. The third-order valence-electron chi connectivity index (χ3n) is 4.76. The molecule has 2 aromatic rings. The molecule has 2 heterocycles. The Hall–Kier alpha value is -2.14. The highest BCUT2D eigenvalue weighted by Crippen LogP contribution is 2.23. The monoisotopic (exact) mass is 355 g/mol. The molecule has 1 saturated heterocycles.